The van der Waals surface area contributed by atoms with Gasteiger partial charge >= 0.3 is 0 Å². The van der Waals surface area contributed by atoms with Gasteiger partial charge in [0.05, 0.1) is 18.1 Å². The highest BCUT2D eigenvalue weighted by atomic mass is 16.5. The first-order valence-corrected chi connectivity index (χ1v) is 9.74. The van der Waals surface area contributed by atoms with Crippen LogP contribution in [-0.2, 0) is 11.2 Å². The van der Waals surface area contributed by atoms with Crippen LogP contribution in [0.2, 0.25) is 0 Å². The van der Waals surface area contributed by atoms with Gasteiger partial charge in [0, 0.05) is 38.3 Å². The Hall–Kier alpha value is -3.02. The smallest absolute Gasteiger partial charge is 0.223 e. The van der Waals surface area contributed by atoms with E-state index in [0.717, 1.165) is 60.8 Å². The highest BCUT2D eigenvalue weighted by Gasteiger charge is 2.21. The van der Waals surface area contributed by atoms with Crippen molar-refractivity contribution in [2.24, 2.45) is 0 Å². The second kappa shape index (κ2) is 7.92. The number of ether oxygens (including phenoxy) is 1. The molecule has 4 rings (SSSR count). The molecule has 1 aliphatic heterocycles. The molecule has 1 aliphatic rings. The number of aromatic nitrogens is 2. The summed E-state index contributed by atoms with van der Waals surface area (Å²) in [6, 6.07) is 14.3. The Labute approximate surface area is 165 Å². The molecule has 3 aromatic rings. The molecule has 1 aromatic heterocycles. The zero-order valence-corrected chi connectivity index (χ0v) is 16.4. The highest BCUT2D eigenvalue weighted by molar-refractivity contribution is 5.80. The molecule has 0 atom stereocenters. The molecule has 0 spiro atoms. The summed E-state index contributed by atoms with van der Waals surface area (Å²) >= 11 is 0. The number of hydrogen-bond acceptors (Lipinski definition) is 4. The maximum Gasteiger partial charge on any atom is 0.223 e. The van der Waals surface area contributed by atoms with Crippen LogP contribution in [0.4, 0.5) is 5.69 Å². The minimum absolute atomic E-state index is 0.232. The van der Waals surface area contributed by atoms with Crippen molar-refractivity contribution >= 4 is 22.6 Å². The van der Waals surface area contributed by atoms with E-state index < -0.39 is 0 Å². The SMILES string of the molecule is COc1ccc(CCC(=O)N2CCN(c3ccc4nc(C)[nH]c4c3)CC2)cc1. The second-order valence-electron chi connectivity index (χ2n) is 7.24. The molecule has 0 radical (unpaired) electrons. The summed E-state index contributed by atoms with van der Waals surface area (Å²) in [5.74, 6) is 2.00. The normalized spacial score (nSPS) is 14.5. The van der Waals surface area contributed by atoms with E-state index in [-0.39, 0.29) is 5.91 Å². The fourth-order valence-corrected chi connectivity index (χ4v) is 3.74. The standard InChI is InChI=1S/C22H26N4O2/c1-16-23-20-9-6-18(15-21(20)24-16)25-11-13-26(14-12-25)22(27)10-5-17-3-7-19(28-2)8-4-17/h3-4,6-9,15H,5,10-14H2,1-2H3,(H,23,24). The van der Waals surface area contributed by atoms with Crippen LogP contribution in [0.5, 0.6) is 5.75 Å². The molecule has 1 amide bonds. The van der Waals surface area contributed by atoms with E-state index in [1.807, 2.05) is 36.1 Å². The highest BCUT2D eigenvalue weighted by Crippen LogP contribution is 2.22. The molecule has 1 fully saturated rings. The number of benzene rings is 2. The van der Waals surface area contributed by atoms with Crippen LogP contribution in [0.15, 0.2) is 42.5 Å². The van der Waals surface area contributed by atoms with Crippen LogP contribution in [0, 0.1) is 6.92 Å². The Morgan fingerprint density at radius 3 is 2.57 bits per heavy atom. The van der Waals surface area contributed by atoms with E-state index in [1.54, 1.807) is 7.11 Å². The number of nitrogens with zero attached hydrogens (tertiary/aromatic N) is 3. The van der Waals surface area contributed by atoms with Gasteiger partial charge in [0.1, 0.15) is 11.6 Å². The van der Waals surface area contributed by atoms with E-state index in [4.69, 9.17) is 4.74 Å². The molecular weight excluding hydrogens is 352 g/mol. The van der Waals surface area contributed by atoms with Crippen molar-refractivity contribution < 1.29 is 9.53 Å². The number of carbonyl (C=O) groups is 1. The Balaban J connectivity index is 1.30. The molecule has 2 heterocycles. The van der Waals surface area contributed by atoms with E-state index in [0.29, 0.717) is 6.42 Å². The summed E-state index contributed by atoms with van der Waals surface area (Å²) < 4.78 is 5.18. The molecule has 0 bridgehead atoms. The van der Waals surface area contributed by atoms with Gasteiger partial charge in [0.15, 0.2) is 0 Å². The van der Waals surface area contributed by atoms with Gasteiger partial charge in [-0.05, 0) is 49.2 Å². The van der Waals surface area contributed by atoms with Gasteiger partial charge in [-0.1, -0.05) is 12.1 Å². The van der Waals surface area contributed by atoms with Crippen molar-refractivity contribution in [3.05, 3.63) is 53.9 Å². The predicted molar refractivity (Wildman–Crippen MR) is 111 cm³/mol. The first-order valence-electron chi connectivity index (χ1n) is 9.74. The summed E-state index contributed by atoms with van der Waals surface area (Å²) in [4.78, 5) is 24.7. The lowest BCUT2D eigenvalue weighted by Gasteiger charge is -2.36. The number of fused-ring (bicyclic) bond motifs is 1. The first-order chi connectivity index (χ1) is 13.6. The number of rotatable bonds is 5. The van der Waals surface area contributed by atoms with Gasteiger partial charge in [0.25, 0.3) is 0 Å². The molecule has 1 saturated heterocycles. The third-order valence-electron chi connectivity index (χ3n) is 5.37. The number of nitrogens with one attached hydrogen (secondary N) is 1. The number of carbonyl (C=O) groups excluding carboxylic acids is 1. The van der Waals surface area contributed by atoms with Gasteiger partial charge in [-0.15, -0.1) is 0 Å². The van der Waals surface area contributed by atoms with Gasteiger partial charge < -0.3 is 19.5 Å². The monoisotopic (exact) mass is 378 g/mol. The number of imidazole rings is 1. The Kier molecular flexibility index (Phi) is 5.19. The topological polar surface area (TPSA) is 61.5 Å². The molecule has 6 nitrogen and oxygen atoms in total. The second-order valence-corrected chi connectivity index (χ2v) is 7.24. The number of aromatic amines is 1. The van der Waals surface area contributed by atoms with E-state index in [2.05, 4.69) is 33.1 Å². The average Bonchev–Trinajstić information content (AvgIpc) is 3.11. The number of piperazine rings is 1. The summed E-state index contributed by atoms with van der Waals surface area (Å²) in [5, 5.41) is 0. The molecule has 0 aliphatic carbocycles. The number of amides is 1. The Morgan fingerprint density at radius 2 is 1.86 bits per heavy atom. The van der Waals surface area contributed by atoms with Crippen LogP contribution < -0.4 is 9.64 Å². The fraction of sp³-hybridized carbons (Fsp3) is 0.364. The number of anilines is 1. The summed E-state index contributed by atoms with van der Waals surface area (Å²) in [5.41, 5.74) is 4.40. The minimum Gasteiger partial charge on any atom is -0.497 e. The largest absolute Gasteiger partial charge is 0.497 e. The maximum absolute atomic E-state index is 12.6. The number of H-pyrrole nitrogens is 1. The molecule has 0 saturated carbocycles. The zero-order valence-electron chi connectivity index (χ0n) is 16.4. The molecule has 146 valence electrons. The van der Waals surface area contributed by atoms with Crippen LogP contribution in [0.1, 0.15) is 17.8 Å². The quantitative estimate of drug-likeness (QED) is 0.741. The number of methoxy groups -OCH3 is 1. The van der Waals surface area contributed by atoms with E-state index in [9.17, 15) is 4.79 Å². The van der Waals surface area contributed by atoms with E-state index in [1.165, 1.54) is 5.69 Å². The number of aryl methyl sites for hydroxylation is 2. The van der Waals surface area contributed by atoms with Crippen LogP contribution in [0.3, 0.4) is 0 Å². The van der Waals surface area contributed by atoms with Crippen molar-refractivity contribution in [3.8, 4) is 5.75 Å². The van der Waals surface area contributed by atoms with Crippen molar-refractivity contribution in [1.82, 2.24) is 14.9 Å². The van der Waals surface area contributed by atoms with Crippen LogP contribution >= 0.6 is 0 Å². The number of hydrogen-bond donors (Lipinski definition) is 1. The fourth-order valence-electron chi connectivity index (χ4n) is 3.74. The van der Waals surface area contributed by atoms with Crippen LogP contribution in [0.25, 0.3) is 11.0 Å². The van der Waals surface area contributed by atoms with Crippen molar-refractivity contribution in [2.45, 2.75) is 19.8 Å². The lowest BCUT2D eigenvalue weighted by atomic mass is 10.1. The molecule has 28 heavy (non-hydrogen) atoms. The third-order valence-corrected chi connectivity index (χ3v) is 5.37. The first kappa shape index (κ1) is 18.3. The van der Waals surface area contributed by atoms with Gasteiger partial charge in [-0.25, -0.2) is 4.98 Å². The lowest BCUT2D eigenvalue weighted by Crippen LogP contribution is -2.48. The predicted octanol–water partition coefficient (Wildman–Crippen LogP) is 3.16. The van der Waals surface area contributed by atoms with Gasteiger partial charge in [-0.2, -0.15) is 0 Å². The molecule has 6 heteroatoms. The summed E-state index contributed by atoms with van der Waals surface area (Å²) in [7, 11) is 1.66. The van der Waals surface area contributed by atoms with Crippen molar-refractivity contribution in [3.63, 3.8) is 0 Å². The van der Waals surface area contributed by atoms with E-state index >= 15 is 0 Å². The average molecular weight is 378 g/mol. The summed E-state index contributed by atoms with van der Waals surface area (Å²) in [6.45, 7) is 5.21. The lowest BCUT2D eigenvalue weighted by molar-refractivity contribution is -0.131. The summed E-state index contributed by atoms with van der Waals surface area (Å²) in [6.07, 6.45) is 1.31. The van der Waals surface area contributed by atoms with Gasteiger partial charge in [-0.3, -0.25) is 4.79 Å². The van der Waals surface area contributed by atoms with Crippen LogP contribution in [-0.4, -0.2) is 54.1 Å². The third kappa shape index (κ3) is 3.96. The van der Waals surface area contributed by atoms with Gasteiger partial charge in [0.2, 0.25) is 5.91 Å². The molecular formula is C22H26N4O2. The van der Waals surface area contributed by atoms with Crippen molar-refractivity contribution in [1.29, 1.82) is 0 Å². The Bertz CT molecular complexity index is 956. The Morgan fingerprint density at radius 1 is 1.11 bits per heavy atom. The molecule has 1 N–H and O–H groups in total. The molecule has 2 aromatic carbocycles. The molecule has 0 unspecified atom stereocenters. The minimum atomic E-state index is 0.232. The zero-order chi connectivity index (χ0) is 19.5. The maximum atomic E-state index is 12.6. The van der Waals surface area contributed by atoms with Crippen molar-refractivity contribution in [2.75, 3.05) is 38.2 Å².